The molecule has 1 unspecified atom stereocenters. The zero-order valence-corrected chi connectivity index (χ0v) is 25.2. The Balaban J connectivity index is 0.000000360. The molecule has 0 radical (unpaired) electrons. The zero-order valence-electron chi connectivity index (χ0n) is 23.2. The molecule has 0 heterocycles. The van der Waals surface area contributed by atoms with E-state index in [0.29, 0.717) is 5.92 Å². The van der Waals surface area contributed by atoms with Gasteiger partial charge in [-0.25, -0.2) is 0 Å². The summed E-state index contributed by atoms with van der Waals surface area (Å²) in [5.74, 6) is 1.41. The number of benzene rings is 4. The summed E-state index contributed by atoms with van der Waals surface area (Å²) >= 11 is 0. The van der Waals surface area contributed by atoms with Crippen molar-refractivity contribution in [1.82, 2.24) is 0 Å². The third-order valence-corrected chi connectivity index (χ3v) is 8.51. The minimum atomic E-state index is -0.446. The number of hydrogen-bond donors (Lipinski definition) is 0. The van der Waals surface area contributed by atoms with Gasteiger partial charge in [-0.05, 0) is 59.5 Å². The summed E-state index contributed by atoms with van der Waals surface area (Å²) in [7, 11) is 1.26. The second kappa shape index (κ2) is 21.1. The van der Waals surface area contributed by atoms with Crippen LogP contribution >= 0.6 is 7.92 Å². The standard InChI is InChI=1S/C18H15P.C16H18O.2CO.Fe/c1-4-10-16(11-5-1)19(17-12-6-2-7-13-17)18-14-8-3-9-15-18;1-13(15-6-4-3-5-7-15)12-14-8-10-16(17-2)11-9-14;2*1-2;/h1-15H;3-8,10-13H,9H2,1-2H3;;;/b;14-12-;;;. The summed E-state index contributed by atoms with van der Waals surface area (Å²) in [5.41, 5.74) is 2.71. The molecule has 0 saturated carbocycles. The molecule has 5 heteroatoms. The van der Waals surface area contributed by atoms with Gasteiger partial charge < -0.3 is 4.74 Å². The normalized spacial score (nSPS) is 12.9. The van der Waals surface area contributed by atoms with E-state index in [1.54, 1.807) is 7.11 Å². The van der Waals surface area contributed by atoms with Crippen LogP contribution < -0.4 is 15.9 Å². The van der Waals surface area contributed by atoms with Crippen molar-refractivity contribution in [2.45, 2.75) is 19.3 Å². The predicted molar refractivity (Wildman–Crippen MR) is 165 cm³/mol. The Labute approximate surface area is 256 Å². The van der Waals surface area contributed by atoms with Crippen molar-refractivity contribution in [3.8, 4) is 0 Å². The number of hydrogen-bond acceptors (Lipinski definition) is 1. The Bertz CT molecular complexity index is 1280. The molecule has 0 N–H and O–H groups in total. The molecular weight excluding hydrogens is 567 g/mol. The topological polar surface area (TPSA) is 49.0 Å². The smallest absolute Gasteiger partial charge is 0 e. The zero-order chi connectivity index (χ0) is 29.0. The van der Waals surface area contributed by atoms with E-state index in [0.717, 1.165) is 12.2 Å². The van der Waals surface area contributed by atoms with Crippen LogP contribution in [0.2, 0.25) is 0 Å². The molecule has 208 valence electrons. The van der Waals surface area contributed by atoms with E-state index in [2.05, 4.69) is 160 Å². The number of rotatable bonds is 6. The molecule has 41 heavy (non-hydrogen) atoms. The van der Waals surface area contributed by atoms with Gasteiger partial charge in [-0.1, -0.05) is 140 Å². The van der Waals surface area contributed by atoms with Crippen LogP contribution in [0.25, 0.3) is 0 Å². The molecule has 1 aliphatic carbocycles. The van der Waals surface area contributed by atoms with Crippen LogP contribution in [0, 0.1) is 13.3 Å². The number of methoxy groups -OCH3 is 1. The van der Waals surface area contributed by atoms with Gasteiger partial charge >= 0.3 is 22.6 Å². The Kier molecular flexibility index (Phi) is 18.2. The van der Waals surface area contributed by atoms with Crippen molar-refractivity contribution in [2.75, 3.05) is 7.11 Å². The first-order valence-electron chi connectivity index (χ1n) is 12.8. The fourth-order valence-corrected chi connectivity index (χ4v) is 6.48. The average molecular weight is 600 g/mol. The second-order valence-corrected chi connectivity index (χ2v) is 10.9. The number of ether oxygens (including phenoxy) is 1. The molecule has 0 bridgehead atoms. The first kappa shape index (κ1) is 35.4. The molecule has 4 aromatic carbocycles. The Morgan fingerprint density at radius 2 is 1.05 bits per heavy atom. The van der Waals surface area contributed by atoms with Crippen LogP contribution in [0.3, 0.4) is 0 Å². The van der Waals surface area contributed by atoms with Crippen LogP contribution in [-0.2, 0) is 31.1 Å². The summed E-state index contributed by atoms with van der Waals surface area (Å²) in [6, 6.07) is 42.9. The fourth-order valence-electron chi connectivity index (χ4n) is 4.17. The average Bonchev–Trinajstić information content (AvgIpc) is 3.06. The van der Waals surface area contributed by atoms with Gasteiger partial charge in [0.25, 0.3) is 0 Å². The molecule has 0 aliphatic heterocycles. The third-order valence-electron chi connectivity index (χ3n) is 6.07. The van der Waals surface area contributed by atoms with Crippen molar-refractivity contribution >= 4 is 23.8 Å². The van der Waals surface area contributed by atoms with Crippen molar-refractivity contribution in [3.63, 3.8) is 0 Å². The summed E-state index contributed by atoms with van der Waals surface area (Å²) < 4.78 is 20.2. The van der Waals surface area contributed by atoms with Crippen molar-refractivity contribution in [2.24, 2.45) is 0 Å². The molecule has 4 aromatic rings. The first-order valence-corrected chi connectivity index (χ1v) is 14.1. The first-order chi connectivity index (χ1) is 19.7. The minimum Gasteiger partial charge on any atom is -0.0622 e. The molecule has 1 atom stereocenters. The summed E-state index contributed by atoms with van der Waals surface area (Å²) in [4.78, 5) is 0. The predicted octanol–water partition coefficient (Wildman–Crippen LogP) is 7.57. The van der Waals surface area contributed by atoms with Gasteiger partial charge in [0.15, 0.2) is 0 Å². The van der Waals surface area contributed by atoms with E-state index < -0.39 is 7.92 Å². The molecule has 5 rings (SSSR count). The molecule has 0 fully saturated rings. The molecule has 0 aromatic heterocycles. The maximum absolute atomic E-state index is 7.50. The van der Waals surface area contributed by atoms with Gasteiger partial charge in [0.2, 0.25) is 0 Å². The Morgan fingerprint density at radius 3 is 1.39 bits per heavy atom. The van der Waals surface area contributed by atoms with Gasteiger partial charge in [0, 0.05) is 17.1 Å². The van der Waals surface area contributed by atoms with E-state index in [1.165, 1.54) is 27.1 Å². The fraction of sp³-hybridized carbons (Fsp3) is 0.111. The molecule has 0 saturated heterocycles. The van der Waals surface area contributed by atoms with E-state index in [-0.39, 0.29) is 17.1 Å². The van der Waals surface area contributed by atoms with E-state index in [4.69, 9.17) is 14.0 Å². The van der Waals surface area contributed by atoms with Gasteiger partial charge in [-0.2, -0.15) is 0 Å². The third kappa shape index (κ3) is 11.8. The van der Waals surface area contributed by atoms with E-state index >= 15 is 0 Å². The monoisotopic (exact) mass is 600 g/mol. The molecule has 1 aliphatic rings. The minimum absolute atomic E-state index is 0. The summed E-state index contributed by atoms with van der Waals surface area (Å²) in [6.45, 7) is 11.2. The van der Waals surface area contributed by atoms with Crippen LogP contribution in [-0.4, -0.2) is 7.11 Å². The van der Waals surface area contributed by atoms with Crippen LogP contribution in [0.1, 0.15) is 24.8 Å². The van der Waals surface area contributed by atoms with Gasteiger partial charge in [0.1, 0.15) is 5.76 Å². The molecule has 0 spiro atoms. The Morgan fingerprint density at radius 1 is 0.659 bits per heavy atom. The van der Waals surface area contributed by atoms with Crippen molar-refractivity contribution < 1.29 is 31.1 Å². The SMILES string of the molecule is COC1=CC/C(=C\C(C)c2ccccc2)C=C1.[C-]#[O+].[C-]#[O+].[Fe].c1ccc(P(c2ccccc2)c2ccccc2)cc1. The van der Waals surface area contributed by atoms with Crippen molar-refractivity contribution in [1.29, 1.82) is 0 Å². The van der Waals surface area contributed by atoms with Crippen LogP contribution in [0.4, 0.5) is 0 Å². The largest absolute Gasteiger partial charge is 0.0622 e. The van der Waals surface area contributed by atoms with E-state index in [1.807, 2.05) is 6.08 Å². The van der Waals surface area contributed by atoms with Crippen LogP contribution in [0.15, 0.2) is 157 Å². The molecular formula is C36H33FeO3P. The molecule has 3 nitrogen and oxygen atoms in total. The maximum atomic E-state index is 7.50. The van der Waals surface area contributed by atoms with E-state index in [9.17, 15) is 0 Å². The second-order valence-electron chi connectivity index (χ2n) is 8.63. The number of allylic oxidation sites excluding steroid dienone is 5. The van der Waals surface area contributed by atoms with Crippen molar-refractivity contribution in [3.05, 3.63) is 176 Å². The van der Waals surface area contributed by atoms with Gasteiger partial charge in [-0.3, -0.25) is 0 Å². The van der Waals surface area contributed by atoms with Gasteiger partial charge in [0.05, 0.1) is 7.11 Å². The summed E-state index contributed by atoms with van der Waals surface area (Å²) in [5, 5.41) is 4.19. The molecule has 0 amide bonds. The maximum Gasteiger partial charge on any atom is 0 e. The quantitative estimate of drug-likeness (QED) is 0.0975. The van der Waals surface area contributed by atoms with Gasteiger partial charge in [-0.15, -0.1) is 0 Å². The summed E-state index contributed by atoms with van der Waals surface area (Å²) in [6.07, 6.45) is 9.54. The Hall–Kier alpha value is -3.67. The van der Waals surface area contributed by atoms with Crippen LogP contribution in [0.5, 0.6) is 0 Å².